The van der Waals surface area contributed by atoms with E-state index in [1.54, 1.807) is 30.3 Å². The molecule has 1 amide bonds. The molecule has 29 heavy (non-hydrogen) atoms. The van der Waals surface area contributed by atoms with Crippen LogP contribution in [0, 0.1) is 0 Å². The number of nitrogens with one attached hydrogen (secondary N) is 2. The topological polar surface area (TPSA) is 80.2 Å². The van der Waals surface area contributed by atoms with Crippen molar-refractivity contribution in [1.29, 1.82) is 0 Å². The second-order valence-corrected chi connectivity index (χ2v) is 9.46. The Bertz CT molecular complexity index is 975. The number of amides is 1. The molecule has 10 heteroatoms. The summed E-state index contributed by atoms with van der Waals surface area (Å²) in [6.45, 7) is 2.04. The molecule has 0 saturated carbocycles. The molecule has 1 fully saturated rings. The molecule has 1 aliphatic rings. The third-order valence-electron chi connectivity index (χ3n) is 4.73. The van der Waals surface area contributed by atoms with Crippen LogP contribution >= 0.6 is 23.2 Å². The number of rotatable bonds is 6. The molecule has 0 atom stereocenters. The van der Waals surface area contributed by atoms with Crippen molar-refractivity contribution in [2.45, 2.75) is 4.90 Å². The fourth-order valence-corrected chi connectivity index (χ4v) is 4.98. The maximum Gasteiger partial charge on any atom is 0.279 e. The average molecular weight is 459 g/mol. The van der Waals surface area contributed by atoms with Crippen molar-refractivity contribution >= 4 is 44.8 Å². The van der Waals surface area contributed by atoms with Gasteiger partial charge in [0.25, 0.3) is 5.91 Å². The van der Waals surface area contributed by atoms with Gasteiger partial charge in [-0.2, -0.15) is 4.31 Å². The standard InChI is InChI=1S/C19H21Cl2N3O4S/c1-28-18-7-4-15(12-17(18)21)22-19(25)13-23-8-10-24(11-9-23)29(26,27)16-5-2-14(20)3-6-16/h2-7,12H,8-11,13H2,1H3,(H,22,25)/p+1. The Morgan fingerprint density at radius 1 is 1.14 bits per heavy atom. The van der Waals surface area contributed by atoms with Gasteiger partial charge in [-0.3, -0.25) is 4.79 Å². The van der Waals surface area contributed by atoms with Gasteiger partial charge in [0, 0.05) is 10.7 Å². The second kappa shape index (κ2) is 9.32. The summed E-state index contributed by atoms with van der Waals surface area (Å²) in [5.74, 6) is 0.378. The van der Waals surface area contributed by atoms with Crippen LogP contribution < -0.4 is 15.0 Å². The number of halogens is 2. The molecule has 156 valence electrons. The first-order chi connectivity index (χ1) is 13.8. The lowest BCUT2D eigenvalue weighted by Gasteiger charge is -2.31. The Balaban J connectivity index is 1.53. The number of carbonyl (C=O) groups is 1. The van der Waals surface area contributed by atoms with Gasteiger partial charge >= 0.3 is 0 Å². The van der Waals surface area contributed by atoms with E-state index in [2.05, 4.69) is 5.32 Å². The highest BCUT2D eigenvalue weighted by atomic mass is 35.5. The van der Waals surface area contributed by atoms with Crippen molar-refractivity contribution in [1.82, 2.24) is 4.31 Å². The van der Waals surface area contributed by atoms with Crippen LogP contribution in [0.15, 0.2) is 47.4 Å². The maximum atomic E-state index is 12.7. The SMILES string of the molecule is COc1ccc(NC(=O)C[NH+]2CCN(S(=O)(=O)c3ccc(Cl)cc3)CC2)cc1Cl. The first-order valence-corrected chi connectivity index (χ1v) is 11.2. The third kappa shape index (κ3) is 5.40. The maximum absolute atomic E-state index is 12.7. The van der Waals surface area contributed by atoms with Crippen LogP contribution in [-0.2, 0) is 14.8 Å². The third-order valence-corrected chi connectivity index (χ3v) is 7.19. The first-order valence-electron chi connectivity index (χ1n) is 9.02. The fourth-order valence-electron chi connectivity index (χ4n) is 3.15. The number of benzene rings is 2. The summed E-state index contributed by atoms with van der Waals surface area (Å²) in [4.78, 5) is 13.6. The molecule has 1 saturated heterocycles. The van der Waals surface area contributed by atoms with Gasteiger partial charge in [0.2, 0.25) is 10.0 Å². The molecule has 3 rings (SSSR count). The van der Waals surface area contributed by atoms with E-state index in [-0.39, 0.29) is 17.3 Å². The summed E-state index contributed by atoms with van der Waals surface area (Å²) in [5.41, 5.74) is 0.587. The van der Waals surface area contributed by atoms with Crippen molar-refractivity contribution in [2.75, 3.05) is 45.2 Å². The highest BCUT2D eigenvalue weighted by Gasteiger charge is 2.31. The van der Waals surface area contributed by atoms with Crippen molar-refractivity contribution in [3.63, 3.8) is 0 Å². The van der Waals surface area contributed by atoms with Crippen molar-refractivity contribution in [3.05, 3.63) is 52.5 Å². The van der Waals surface area contributed by atoms with Crippen LogP contribution in [0.4, 0.5) is 5.69 Å². The highest BCUT2D eigenvalue weighted by molar-refractivity contribution is 7.89. The van der Waals surface area contributed by atoms with E-state index in [1.165, 1.54) is 23.5 Å². The molecule has 2 aromatic carbocycles. The normalized spacial score (nSPS) is 15.8. The molecule has 2 N–H and O–H groups in total. The number of sulfonamides is 1. The second-order valence-electron chi connectivity index (χ2n) is 6.68. The van der Waals surface area contributed by atoms with Gasteiger partial charge < -0.3 is 15.0 Å². The summed E-state index contributed by atoms with van der Waals surface area (Å²) in [5, 5.41) is 3.71. The Labute approximate surface area is 180 Å². The smallest absolute Gasteiger partial charge is 0.279 e. The minimum atomic E-state index is -3.56. The van der Waals surface area contributed by atoms with Gasteiger partial charge in [-0.25, -0.2) is 8.42 Å². The first kappa shape index (κ1) is 21.9. The number of methoxy groups -OCH3 is 1. The van der Waals surface area contributed by atoms with Gasteiger partial charge in [0.15, 0.2) is 6.54 Å². The molecular formula is C19H22Cl2N3O4S+. The van der Waals surface area contributed by atoms with E-state index < -0.39 is 10.0 Å². The van der Waals surface area contributed by atoms with Gasteiger partial charge in [-0.15, -0.1) is 0 Å². The van der Waals surface area contributed by atoms with E-state index in [0.29, 0.717) is 47.7 Å². The van der Waals surface area contributed by atoms with Crippen molar-refractivity contribution < 1.29 is 22.8 Å². The lowest BCUT2D eigenvalue weighted by molar-refractivity contribution is -0.895. The predicted molar refractivity (Wildman–Crippen MR) is 112 cm³/mol. The largest absolute Gasteiger partial charge is 0.495 e. The zero-order valence-corrected chi connectivity index (χ0v) is 18.1. The molecule has 0 radical (unpaired) electrons. The lowest BCUT2D eigenvalue weighted by atomic mass is 10.3. The van der Waals surface area contributed by atoms with Crippen molar-refractivity contribution in [3.8, 4) is 5.75 Å². The minimum Gasteiger partial charge on any atom is -0.495 e. The molecule has 0 bridgehead atoms. The van der Waals surface area contributed by atoms with E-state index >= 15 is 0 Å². The van der Waals surface area contributed by atoms with E-state index in [0.717, 1.165) is 4.90 Å². The highest BCUT2D eigenvalue weighted by Crippen LogP contribution is 2.27. The van der Waals surface area contributed by atoms with Gasteiger partial charge in [-0.05, 0) is 42.5 Å². The molecule has 7 nitrogen and oxygen atoms in total. The zero-order valence-electron chi connectivity index (χ0n) is 15.8. The van der Waals surface area contributed by atoms with Gasteiger partial charge in [0.05, 0.1) is 43.2 Å². The monoisotopic (exact) mass is 458 g/mol. The lowest BCUT2D eigenvalue weighted by Crippen LogP contribution is -3.15. The number of nitrogens with zero attached hydrogens (tertiary/aromatic N) is 1. The number of hydrogen-bond donors (Lipinski definition) is 2. The molecule has 0 unspecified atom stereocenters. The Hall–Kier alpha value is -1.84. The van der Waals surface area contributed by atoms with E-state index in [4.69, 9.17) is 27.9 Å². The molecule has 0 aromatic heterocycles. The molecule has 1 heterocycles. The summed E-state index contributed by atoms with van der Waals surface area (Å²) in [6, 6.07) is 11.2. The average Bonchev–Trinajstić information content (AvgIpc) is 2.69. The molecule has 1 aliphatic heterocycles. The Morgan fingerprint density at radius 2 is 1.79 bits per heavy atom. The van der Waals surface area contributed by atoms with Crippen molar-refractivity contribution in [2.24, 2.45) is 0 Å². The van der Waals surface area contributed by atoms with Crippen LogP contribution in [-0.4, -0.2) is 58.5 Å². The summed E-state index contributed by atoms with van der Waals surface area (Å²) >= 11 is 11.9. The zero-order chi connectivity index (χ0) is 21.0. The summed E-state index contributed by atoms with van der Waals surface area (Å²) in [6.07, 6.45) is 0. The van der Waals surface area contributed by atoms with Crippen LogP contribution in [0.3, 0.4) is 0 Å². The van der Waals surface area contributed by atoms with Crippen LogP contribution in [0.5, 0.6) is 5.75 Å². The summed E-state index contributed by atoms with van der Waals surface area (Å²) < 4.78 is 32.0. The Morgan fingerprint density at radius 3 is 2.38 bits per heavy atom. The van der Waals surface area contributed by atoms with E-state index in [9.17, 15) is 13.2 Å². The number of piperazine rings is 1. The molecule has 0 spiro atoms. The number of ether oxygens (including phenoxy) is 1. The summed E-state index contributed by atoms with van der Waals surface area (Å²) in [7, 11) is -2.03. The van der Waals surface area contributed by atoms with Crippen LogP contribution in [0.2, 0.25) is 10.0 Å². The molecule has 2 aromatic rings. The Kier molecular flexibility index (Phi) is 7.02. The number of carbonyl (C=O) groups excluding carboxylic acids is 1. The quantitative estimate of drug-likeness (QED) is 0.687. The predicted octanol–water partition coefficient (Wildman–Crippen LogP) is 1.53. The van der Waals surface area contributed by atoms with E-state index in [1.807, 2.05) is 0 Å². The fraction of sp³-hybridized carbons (Fsp3) is 0.316. The number of anilines is 1. The molecular weight excluding hydrogens is 437 g/mol. The van der Waals surface area contributed by atoms with Gasteiger partial charge in [0.1, 0.15) is 5.75 Å². The van der Waals surface area contributed by atoms with Gasteiger partial charge in [-0.1, -0.05) is 23.2 Å². The molecule has 0 aliphatic carbocycles. The van der Waals surface area contributed by atoms with Crippen LogP contribution in [0.1, 0.15) is 0 Å². The number of hydrogen-bond acceptors (Lipinski definition) is 4. The number of quaternary nitrogens is 1. The minimum absolute atomic E-state index is 0.157. The van der Waals surface area contributed by atoms with Crippen LogP contribution in [0.25, 0.3) is 0 Å².